The van der Waals surface area contributed by atoms with Gasteiger partial charge in [0.15, 0.2) is 0 Å². The van der Waals surface area contributed by atoms with E-state index in [1.54, 1.807) is 4.68 Å². The Kier molecular flexibility index (Phi) is 4.53. The summed E-state index contributed by atoms with van der Waals surface area (Å²) in [6, 6.07) is 11.5. The van der Waals surface area contributed by atoms with Gasteiger partial charge in [-0.15, -0.1) is 0 Å². The minimum Gasteiger partial charge on any atom is -0.353 e. The van der Waals surface area contributed by atoms with E-state index in [0.717, 1.165) is 17.0 Å². The number of rotatable bonds is 5. The molecule has 1 aromatic carbocycles. The van der Waals surface area contributed by atoms with Gasteiger partial charge in [0.2, 0.25) is 5.91 Å². The molecule has 5 heteroatoms. The van der Waals surface area contributed by atoms with E-state index in [-0.39, 0.29) is 18.5 Å². The second-order valence-electron chi connectivity index (χ2n) is 4.91. The van der Waals surface area contributed by atoms with Crippen molar-refractivity contribution in [3.63, 3.8) is 0 Å². The highest BCUT2D eigenvalue weighted by Crippen LogP contribution is 2.08. The first-order valence-corrected chi connectivity index (χ1v) is 6.64. The number of carbonyl (C=O) groups is 1. The quantitative estimate of drug-likeness (QED) is 0.862. The van der Waals surface area contributed by atoms with Gasteiger partial charge in [-0.25, -0.2) is 0 Å². The molecule has 0 radical (unpaired) electrons. The Balaban J connectivity index is 1.85. The van der Waals surface area contributed by atoms with Crippen LogP contribution in [0, 0.1) is 13.8 Å². The Morgan fingerprint density at radius 2 is 2.05 bits per heavy atom. The lowest BCUT2D eigenvalue weighted by Crippen LogP contribution is -2.34. The van der Waals surface area contributed by atoms with Crippen molar-refractivity contribution in [1.82, 2.24) is 15.1 Å². The summed E-state index contributed by atoms with van der Waals surface area (Å²) in [4.78, 5) is 11.9. The van der Waals surface area contributed by atoms with Gasteiger partial charge in [-0.2, -0.15) is 5.10 Å². The Labute approximate surface area is 118 Å². The molecule has 1 amide bonds. The molecule has 0 aliphatic carbocycles. The maximum Gasteiger partial charge on any atom is 0.241 e. The van der Waals surface area contributed by atoms with Crippen molar-refractivity contribution in [3.8, 4) is 0 Å². The molecule has 0 aliphatic heterocycles. The molecular formula is C15H20N4O. The zero-order chi connectivity index (χ0) is 14.5. The van der Waals surface area contributed by atoms with Gasteiger partial charge in [0.1, 0.15) is 6.54 Å². The third kappa shape index (κ3) is 3.68. The molecule has 0 fully saturated rings. The summed E-state index contributed by atoms with van der Waals surface area (Å²) >= 11 is 0. The summed E-state index contributed by atoms with van der Waals surface area (Å²) in [7, 11) is 0. The number of nitrogens with one attached hydrogen (secondary N) is 1. The number of amides is 1. The molecule has 2 aromatic rings. The zero-order valence-corrected chi connectivity index (χ0v) is 11.8. The SMILES string of the molecule is Cc1cc(C)n(CC(=O)NCC(N)c2ccccc2)n1. The molecule has 106 valence electrons. The number of hydrogen-bond donors (Lipinski definition) is 2. The zero-order valence-electron chi connectivity index (χ0n) is 11.8. The Morgan fingerprint density at radius 3 is 2.65 bits per heavy atom. The highest BCUT2D eigenvalue weighted by molar-refractivity contribution is 5.75. The fourth-order valence-electron chi connectivity index (χ4n) is 2.07. The summed E-state index contributed by atoms with van der Waals surface area (Å²) in [6.07, 6.45) is 0. The molecule has 20 heavy (non-hydrogen) atoms. The highest BCUT2D eigenvalue weighted by atomic mass is 16.2. The van der Waals surface area contributed by atoms with Crippen molar-refractivity contribution in [2.45, 2.75) is 26.4 Å². The van der Waals surface area contributed by atoms with E-state index >= 15 is 0 Å². The summed E-state index contributed by atoms with van der Waals surface area (Å²) in [5.41, 5.74) is 8.94. The largest absolute Gasteiger partial charge is 0.353 e. The first-order valence-electron chi connectivity index (χ1n) is 6.64. The molecule has 1 aromatic heterocycles. The van der Waals surface area contributed by atoms with E-state index in [1.807, 2.05) is 50.2 Å². The van der Waals surface area contributed by atoms with Crippen LogP contribution in [0.5, 0.6) is 0 Å². The van der Waals surface area contributed by atoms with E-state index in [0.29, 0.717) is 6.54 Å². The summed E-state index contributed by atoms with van der Waals surface area (Å²) in [6.45, 7) is 4.49. The standard InChI is InChI=1S/C15H20N4O/c1-11-8-12(2)19(18-11)10-15(20)17-9-14(16)13-6-4-3-5-7-13/h3-8,14H,9-10,16H2,1-2H3,(H,17,20). The van der Waals surface area contributed by atoms with Crippen LogP contribution < -0.4 is 11.1 Å². The van der Waals surface area contributed by atoms with Crippen LogP contribution in [-0.4, -0.2) is 22.2 Å². The number of nitrogens with zero attached hydrogens (tertiary/aromatic N) is 2. The molecule has 5 nitrogen and oxygen atoms in total. The number of hydrogen-bond acceptors (Lipinski definition) is 3. The average molecular weight is 272 g/mol. The third-order valence-electron chi connectivity index (χ3n) is 3.14. The maximum atomic E-state index is 11.9. The highest BCUT2D eigenvalue weighted by Gasteiger charge is 2.10. The molecular weight excluding hydrogens is 252 g/mol. The van der Waals surface area contributed by atoms with Gasteiger partial charge in [0, 0.05) is 18.3 Å². The molecule has 3 N–H and O–H groups in total. The fraction of sp³-hybridized carbons (Fsp3) is 0.333. The third-order valence-corrected chi connectivity index (χ3v) is 3.14. The molecule has 0 saturated heterocycles. The lowest BCUT2D eigenvalue weighted by atomic mass is 10.1. The summed E-state index contributed by atoms with van der Waals surface area (Å²) in [5.74, 6) is -0.0809. The monoisotopic (exact) mass is 272 g/mol. The number of aromatic nitrogens is 2. The number of benzene rings is 1. The predicted octanol–water partition coefficient (Wildman–Crippen LogP) is 1.32. The van der Waals surface area contributed by atoms with Gasteiger partial charge in [0.05, 0.1) is 5.69 Å². The molecule has 0 aliphatic rings. The lowest BCUT2D eigenvalue weighted by molar-refractivity contribution is -0.121. The van der Waals surface area contributed by atoms with Gasteiger partial charge in [0.25, 0.3) is 0 Å². The first kappa shape index (κ1) is 14.3. The predicted molar refractivity (Wildman–Crippen MR) is 78.1 cm³/mol. The minimum absolute atomic E-state index is 0.0809. The molecule has 1 unspecified atom stereocenters. The van der Waals surface area contributed by atoms with Crippen molar-refractivity contribution in [2.24, 2.45) is 5.73 Å². The number of nitrogens with two attached hydrogens (primary N) is 1. The van der Waals surface area contributed by atoms with E-state index in [4.69, 9.17) is 5.73 Å². The summed E-state index contributed by atoms with van der Waals surface area (Å²) in [5, 5.41) is 7.10. The van der Waals surface area contributed by atoms with Crippen LogP contribution in [0.15, 0.2) is 36.4 Å². The molecule has 0 saturated carbocycles. The number of aryl methyl sites for hydroxylation is 2. The van der Waals surface area contributed by atoms with Crippen LogP contribution in [0.1, 0.15) is 23.0 Å². The molecule has 2 rings (SSSR count). The van der Waals surface area contributed by atoms with Crippen molar-refractivity contribution in [3.05, 3.63) is 53.3 Å². The van der Waals surface area contributed by atoms with Crippen LogP contribution in [0.25, 0.3) is 0 Å². The molecule has 1 atom stereocenters. The first-order chi connectivity index (χ1) is 9.56. The van der Waals surface area contributed by atoms with Crippen LogP contribution >= 0.6 is 0 Å². The Morgan fingerprint density at radius 1 is 1.35 bits per heavy atom. The number of carbonyl (C=O) groups excluding carboxylic acids is 1. The Bertz CT molecular complexity index is 577. The van der Waals surface area contributed by atoms with Crippen LogP contribution in [0.2, 0.25) is 0 Å². The maximum absolute atomic E-state index is 11.9. The Hall–Kier alpha value is -2.14. The van der Waals surface area contributed by atoms with Crippen LogP contribution in [0.4, 0.5) is 0 Å². The summed E-state index contributed by atoms with van der Waals surface area (Å²) < 4.78 is 1.69. The van der Waals surface area contributed by atoms with E-state index < -0.39 is 0 Å². The second-order valence-corrected chi connectivity index (χ2v) is 4.91. The second kappa shape index (κ2) is 6.34. The lowest BCUT2D eigenvalue weighted by Gasteiger charge is -2.13. The average Bonchev–Trinajstić information content (AvgIpc) is 2.75. The van der Waals surface area contributed by atoms with Gasteiger partial charge in [-0.05, 0) is 25.5 Å². The van der Waals surface area contributed by atoms with E-state index in [2.05, 4.69) is 10.4 Å². The van der Waals surface area contributed by atoms with Crippen molar-refractivity contribution in [1.29, 1.82) is 0 Å². The van der Waals surface area contributed by atoms with Gasteiger partial charge in [-0.3, -0.25) is 9.48 Å². The van der Waals surface area contributed by atoms with Crippen molar-refractivity contribution < 1.29 is 4.79 Å². The normalized spacial score (nSPS) is 12.2. The molecule has 0 spiro atoms. The van der Waals surface area contributed by atoms with Crippen LogP contribution in [-0.2, 0) is 11.3 Å². The van der Waals surface area contributed by atoms with Gasteiger partial charge in [-0.1, -0.05) is 30.3 Å². The smallest absolute Gasteiger partial charge is 0.241 e. The van der Waals surface area contributed by atoms with E-state index in [1.165, 1.54) is 0 Å². The van der Waals surface area contributed by atoms with Crippen molar-refractivity contribution >= 4 is 5.91 Å². The van der Waals surface area contributed by atoms with Gasteiger partial charge >= 0.3 is 0 Å². The topological polar surface area (TPSA) is 72.9 Å². The fourth-order valence-corrected chi connectivity index (χ4v) is 2.07. The minimum atomic E-state index is -0.194. The van der Waals surface area contributed by atoms with Crippen molar-refractivity contribution in [2.75, 3.05) is 6.54 Å². The van der Waals surface area contributed by atoms with E-state index in [9.17, 15) is 4.79 Å². The molecule has 1 heterocycles. The van der Waals surface area contributed by atoms with Gasteiger partial charge < -0.3 is 11.1 Å². The molecule has 0 bridgehead atoms. The van der Waals surface area contributed by atoms with Crippen LogP contribution in [0.3, 0.4) is 0 Å².